The van der Waals surface area contributed by atoms with E-state index in [1.54, 1.807) is 10.6 Å². The Balaban J connectivity index is 1.33. The maximum Gasteiger partial charge on any atom is 0.433 e. The van der Waals surface area contributed by atoms with Crippen molar-refractivity contribution < 1.29 is 31.8 Å². The van der Waals surface area contributed by atoms with Crippen molar-refractivity contribution in [1.82, 2.24) is 14.5 Å². The van der Waals surface area contributed by atoms with Crippen molar-refractivity contribution in [3.05, 3.63) is 70.2 Å². The Labute approximate surface area is 211 Å². The molecule has 1 saturated heterocycles. The van der Waals surface area contributed by atoms with Crippen LogP contribution in [0.25, 0.3) is 0 Å². The number of aromatic nitrogens is 3. The van der Waals surface area contributed by atoms with Gasteiger partial charge in [0.25, 0.3) is 0 Å². The number of pyridine rings is 1. The monoisotopic (exact) mass is 516 g/mol. The molecule has 0 spiro atoms. The Morgan fingerprint density at radius 3 is 2.70 bits per heavy atom. The van der Waals surface area contributed by atoms with Gasteiger partial charge in [0.05, 0.1) is 18.8 Å². The van der Waals surface area contributed by atoms with Crippen molar-refractivity contribution in [2.75, 3.05) is 24.7 Å². The van der Waals surface area contributed by atoms with Gasteiger partial charge in [-0.05, 0) is 30.7 Å². The average Bonchev–Trinajstić information content (AvgIpc) is 3.01. The summed E-state index contributed by atoms with van der Waals surface area (Å²) in [6.45, 7) is 3.55. The molecule has 1 atom stereocenters. The minimum absolute atomic E-state index is 0.0929. The molecule has 0 bridgehead atoms. The lowest BCUT2D eigenvalue weighted by atomic mass is 9.52. The van der Waals surface area contributed by atoms with E-state index in [-0.39, 0.29) is 24.0 Å². The molecule has 8 nitrogen and oxygen atoms in total. The van der Waals surface area contributed by atoms with Gasteiger partial charge in [-0.3, -0.25) is 9.55 Å². The van der Waals surface area contributed by atoms with Crippen molar-refractivity contribution in [3.63, 3.8) is 0 Å². The fourth-order valence-electron chi connectivity index (χ4n) is 4.74. The fourth-order valence-corrected chi connectivity index (χ4v) is 4.74. The van der Waals surface area contributed by atoms with E-state index in [0.29, 0.717) is 37.2 Å². The summed E-state index contributed by atoms with van der Waals surface area (Å²) < 4.78 is 71.6. The number of hydrogen-bond donors (Lipinski definition) is 0. The number of alkyl halides is 3. The first kappa shape index (κ1) is 25.1. The van der Waals surface area contributed by atoms with Crippen LogP contribution in [0.1, 0.15) is 18.2 Å². The van der Waals surface area contributed by atoms with Crippen LogP contribution in [-0.4, -0.2) is 55.5 Å². The van der Waals surface area contributed by atoms with E-state index < -0.39 is 34.3 Å². The summed E-state index contributed by atoms with van der Waals surface area (Å²) >= 11 is 0. The van der Waals surface area contributed by atoms with E-state index in [0.717, 1.165) is 12.3 Å². The van der Waals surface area contributed by atoms with Crippen molar-refractivity contribution in [3.8, 4) is 17.4 Å². The zero-order chi connectivity index (χ0) is 26.6. The van der Waals surface area contributed by atoms with Crippen LogP contribution in [0.5, 0.6) is 17.4 Å². The number of benzene rings is 1. The number of morpholine rings is 1. The highest BCUT2D eigenvalue weighted by atomic mass is 19.4. The molecule has 0 unspecified atom stereocenters. The minimum Gasteiger partial charge on any atom is -0.473 e. The van der Waals surface area contributed by atoms with E-state index in [2.05, 4.69) is 14.9 Å². The van der Waals surface area contributed by atoms with Crippen LogP contribution in [0.4, 0.5) is 23.4 Å². The highest BCUT2D eigenvalue weighted by molar-refractivity contribution is 6.39. The van der Waals surface area contributed by atoms with Crippen LogP contribution < -0.4 is 20.1 Å². The van der Waals surface area contributed by atoms with Gasteiger partial charge in [-0.2, -0.15) is 18.2 Å². The average molecular weight is 516 g/mol. The third-order valence-corrected chi connectivity index (χ3v) is 7.10. The molecule has 2 aromatic heterocycles. The number of anilines is 1. The van der Waals surface area contributed by atoms with Crippen LogP contribution in [0.15, 0.2) is 47.4 Å². The zero-order valence-electron chi connectivity index (χ0n) is 20.3. The molecule has 0 amide bonds. The second-order valence-corrected chi connectivity index (χ2v) is 9.64. The molecular weight excluding hydrogens is 494 g/mol. The Kier molecular flexibility index (Phi) is 5.97. The van der Waals surface area contributed by atoms with Crippen LogP contribution >= 0.6 is 0 Å². The van der Waals surface area contributed by atoms with Gasteiger partial charge in [0.1, 0.15) is 39.6 Å². The molecule has 5 rings (SSSR count). The molecule has 0 radical (unpaired) electrons. The molecule has 0 aliphatic carbocycles. The van der Waals surface area contributed by atoms with Crippen LogP contribution in [-0.2, 0) is 22.9 Å². The van der Waals surface area contributed by atoms with Gasteiger partial charge >= 0.3 is 11.9 Å². The van der Waals surface area contributed by atoms with Gasteiger partial charge in [0.15, 0.2) is 11.6 Å². The number of halogens is 4. The van der Waals surface area contributed by atoms with Crippen molar-refractivity contribution >= 4 is 21.5 Å². The molecule has 0 N–H and O–H groups in total. The largest absolute Gasteiger partial charge is 0.473 e. The first-order chi connectivity index (χ1) is 17.4. The lowest BCUT2D eigenvalue weighted by Crippen LogP contribution is -2.65. The van der Waals surface area contributed by atoms with E-state index in [9.17, 15) is 22.4 Å². The maximum absolute atomic E-state index is 14.6. The summed E-state index contributed by atoms with van der Waals surface area (Å²) in [6.07, 6.45) is -3.71. The molecule has 192 valence electrons. The Bertz CT molecular complexity index is 1420. The van der Waals surface area contributed by atoms with Gasteiger partial charge in [-0.1, -0.05) is 6.07 Å². The van der Waals surface area contributed by atoms with Crippen molar-refractivity contribution in [2.24, 2.45) is 0 Å². The van der Waals surface area contributed by atoms with Gasteiger partial charge in [-0.15, -0.1) is 0 Å². The van der Waals surface area contributed by atoms with Gasteiger partial charge < -0.3 is 19.1 Å². The normalized spacial score (nSPS) is 20.3. The summed E-state index contributed by atoms with van der Waals surface area (Å²) in [5.74, 6) is -0.479. The molecule has 2 aliphatic rings. The van der Waals surface area contributed by atoms with E-state index in [1.807, 2.05) is 22.6 Å². The van der Waals surface area contributed by atoms with Crippen molar-refractivity contribution in [2.45, 2.75) is 30.6 Å². The smallest absolute Gasteiger partial charge is 0.433 e. The second-order valence-electron chi connectivity index (χ2n) is 9.64. The molecule has 0 saturated carbocycles. The quantitative estimate of drug-likeness (QED) is 0.377. The van der Waals surface area contributed by atoms with Crippen LogP contribution in [0.3, 0.4) is 0 Å². The maximum atomic E-state index is 14.6. The third-order valence-electron chi connectivity index (χ3n) is 7.10. The standard InChI is InChI=1S/C23H22B2F4N4O4/c1-21-12-35-7-6-32(21)19-10-18(31-20(34)33(19)23(21,24)25)36-11-13-2-3-16(15(26)8-13)37-14-4-5-30-17(9-14)22(27,28)29/h2-5,8-10H,6-7,11-12,24-25H2,1H3/t21-/m0/s1. The Morgan fingerprint density at radius 1 is 1.19 bits per heavy atom. The number of rotatable bonds is 5. The van der Waals surface area contributed by atoms with Gasteiger partial charge in [0, 0.05) is 30.2 Å². The third kappa shape index (κ3) is 4.32. The Morgan fingerprint density at radius 2 is 1.97 bits per heavy atom. The lowest BCUT2D eigenvalue weighted by molar-refractivity contribution is -0.141. The van der Waals surface area contributed by atoms with Gasteiger partial charge in [-0.25, -0.2) is 9.18 Å². The zero-order valence-corrected chi connectivity index (χ0v) is 20.3. The molecule has 1 aromatic carbocycles. The number of fused-ring (bicyclic) bond motifs is 3. The molecule has 37 heavy (non-hydrogen) atoms. The summed E-state index contributed by atoms with van der Waals surface area (Å²) in [4.78, 5) is 22.4. The minimum atomic E-state index is -4.65. The van der Waals surface area contributed by atoms with Crippen LogP contribution in [0.2, 0.25) is 0 Å². The summed E-state index contributed by atoms with van der Waals surface area (Å²) in [5, 5.41) is -0.569. The highest BCUT2D eigenvalue weighted by Gasteiger charge is 2.55. The molecule has 1 fully saturated rings. The highest BCUT2D eigenvalue weighted by Crippen LogP contribution is 2.44. The fraction of sp³-hybridized carbons (Fsp3) is 0.348. The summed E-state index contributed by atoms with van der Waals surface area (Å²) in [6, 6.07) is 7.51. The van der Waals surface area contributed by atoms with E-state index in [1.165, 1.54) is 18.2 Å². The molecular formula is C23H22B2F4N4O4. The molecule has 14 heteroatoms. The summed E-state index contributed by atoms with van der Waals surface area (Å²) in [7, 11) is 3.94. The SMILES string of the molecule is BC1(B)n2c(cc(OCc3ccc(Oc4ccnc(C(F)(F)F)c4)c(F)c3)nc2=O)N2CCOC[C@]21C. The topological polar surface area (TPSA) is 78.7 Å². The number of ether oxygens (including phenoxy) is 3. The predicted octanol–water partition coefficient (Wildman–Crippen LogP) is 1.65. The van der Waals surface area contributed by atoms with Crippen molar-refractivity contribution in [1.29, 1.82) is 0 Å². The molecule has 2 aliphatic heterocycles. The molecule has 4 heterocycles. The van der Waals surface area contributed by atoms with E-state index >= 15 is 0 Å². The van der Waals surface area contributed by atoms with Gasteiger partial charge in [0.2, 0.25) is 5.88 Å². The lowest BCUT2D eigenvalue weighted by Gasteiger charge is -2.47. The number of nitrogens with zero attached hydrogens (tertiary/aromatic N) is 4. The molecule has 3 aromatic rings. The predicted molar refractivity (Wildman–Crippen MR) is 130 cm³/mol. The summed E-state index contributed by atoms with van der Waals surface area (Å²) in [5.41, 5.74) is -1.63. The number of hydrogen-bond acceptors (Lipinski definition) is 7. The Hall–Kier alpha value is -3.54. The van der Waals surface area contributed by atoms with E-state index in [4.69, 9.17) is 14.2 Å². The second kappa shape index (κ2) is 8.79. The first-order valence-corrected chi connectivity index (χ1v) is 11.5. The first-order valence-electron chi connectivity index (χ1n) is 11.5. The van der Waals surface area contributed by atoms with Crippen LogP contribution in [0, 0.1) is 5.82 Å².